The molecule has 0 unspecified atom stereocenters. The van der Waals surface area contributed by atoms with Gasteiger partial charge in [-0.1, -0.05) is 42.5 Å². The van der Waals surface area contributed by atoms with Gasteiger partial charge in [-0.25, -0.2) is 4.98 Å². The van der Waals surface area contributed by atoms with Gasteiger partial charge in [-0.15, -0.1) is 0 Å². The van der Waals surface area contributed by atoms with Crippen LogP contribution in [0.4, 0.5) is 0 Å². The first-order chi connectivity index (χ1) is 16.3. The van der Waals surface area contributed by atoms with Crippen molar-refractivity contribution in [3.63, 3.8) is 0 Å². The molecule has 1 heterocycles. The summed E-state index contributed by atoms with van der Waals surface area (Å²) in [5, 5.41) is 5.85. The van der Waals surface area contributed by atoms with Crippen LogP contribution in [0.15, 0.2) is 72.8 Å². The second kappa shape index (κ2) is 9.91. The molecule has 0 fully saturated rings. The van der Waals surface area contributed by atoms with Gasteiger partial charge in [-0.05, 0) is 63.6 Å². The van der Waals surface area contributed by atoms with E-state index in [1.54, 1.807) is 0 Å². The van der Waals surface area contributed by atoms with E-state index in [0.717, 1.165) is 28.0 Å². The fourth-order valence-corrected chi connectivity index (χ4v) is 3.88. The van der Waals surface area contributed by atoms with Crippen LogP contribution >= 0.6 is 0 Å². The monoisotopic (exact) mass is 454 g/mol. The Hall–Kier alpha value is -3.93. The van der Waals surface area contributed by atoms with Crippen molar-refractivity contribution in [2.45, 2.75) is 46.3 Å². The van der Waals surface area contributed by atoms with E-state index in [9.17, 15) is 9.59 Å². The van der Waals surface area contributed by atoms with Crippen LogP contribution in [0.1, 0.15) is 54.0 Å². The molecule has 0 radical (unpaired) electrons. The summed E-state index contributed by atoms with van der Waals surface area (Å²) in [6, 6.07) is 23.4. The molecular formula is C28H30N4O2. The first kappa shape index (κ1) is 23.2. The second-order valence-electron chi connectivity index (χ2n) is 9.04. The zero-order chi connectivity index (χ0) is 24.2. The summed E-state index contributed by atoms with van der Waals surface area (Å²) in [4.78, 5) is 29.8. The minimum atomic E-state index is -0.114. The quantitative estimate of drug-likeness (QED) is 0.411. The molecule has 6 heteroatoms. The molecule has 4 aromatic rings. The van der Waals surface area contributed by atoms with Crippen LogP contribution in [-0.2, 0) is 6.54 Å². The standard InChI is InChI=1S/C28H30N4O2/c1-18(2)29-27(33)22-12-10-21(11-13-22)26-31-24-16-23(28(34)30-19(3)4)14-15-25(24)32(26)17-20-8-6-5-7-9-20/h5-16,18-19H,17H2,1-4H3,(H,29,33)(H,30,34). The highest BCUT2D eigenvalue weighted by Gasteiger charge is 2.16. The van der Waals surface area contributed by atoms with Gasteiger partial charge >= 0.3 is 0 Å². The molecule has 6 nitrogen and oxygen atoms in total. The van der Waals surface area contributed by atoms with Gasteiger partial charge in [0.15, 0.2) is 0 Å². The zero-order valence-electron chi connectivity index (χ0n) is 20.0. The molecule has 34 heavy (non-hydrogen) atoms. The van der Waals surface area contributed by atoms with E-state index in [1.807, 2.05) is 88.4 Å². The molecule has 4 rings (SSSR count). The van der Waals surface area contributed by atoms with E-state index < -0.39 is 0 Å². The van der Waals surface area contributed by atoms with E-state index in [4.69, 9.17) is 4.98 Å². The Balaban J connectivity index is 1.76. The zero-order valence-corrected chi connectivity index (χ0v) is 20.0. The molecular weight excluding hydrogens is 424 g/mol. The van der Waals surface area contributed by atoms with Gasteiger partial charge in [0, 0.05) is 35.3 Å². The number of nitrogens with one attached hydrogen (secondary N) is 2. The highest BCUT2D eigenvalue weighted by Crippen LogP contribution is 2.27. The molecule has 0 saturated carbocycles. The molecule has 1 aromatic heterocycles. The number of carbonyl (C=O) groups is 2. The minimum Gasteiger partial charge on any atom is -0.350 e. The Morgan fingerprint density at radius 2 is 1.38 bits per heavy atom. The smallest absolute Gasteiger partial charge is 0.251 e. The third-order valence-electron chi connectivity index (χ3n) is 5.44. The van der Waals surface area contributed by atoms with Gasteiger partial charge in [0.2, 0.25) is 0 Å². The summed E-state index contributed by atoms with van der Waals surface area (Å²) in [6.45, 7) is 8.39. The first-order valence-electron chi connectivity index (χ1n) is 11.6. The summed E-state index contributed by atoms with van der Waals surface area (Å²) in [5.41, 5.74) is 4.94. The van der Waals surface area contributed by atoms with E-state index in [1.165, 1.54) is 0 Å². The number of rotatable bonds is 7. The lowest BCUT2D eigenvalue weighted by molar-refractivity contribution is 0.0934. The maximum atomic E-state index is 12.5. The Labute approximate surface area is 200 Å². The van der Waals surface area contributed by atoms with Crippen LogP contribution in [-0.4, -0.2) is 33.4 Å². The van der Waals surface area contributed by atoms with Crippen LogP contribution < -0.4 is 10.6 Å². The topological polar surface area (TPSA) is 76.0 Å². The highest BCUT2D eigenvalue weighted by atomic mass is 16.2. The number of amides is 2. The molecule has 0 aliphatic heterocycles. The summed E-state index contributed by atoms with van der Waals surface area (Å²) >= 11 is 0. The molecule has 0 atom stereocenters. The molecule has 0 aliphatic rings. The summed E-state index contributed by atoms with van der Waals surface area (Å²) < 4.78 is 2.15. The van der Waals surface area contributed by atoms with Gasteiger partial charge in [0.25, 0.3) is 11.8 Å². The molecule has 3 aromatic carbocycles. The number of nitrogens with zero attached hydrogens (tertiary/aromatic N) is 2. The third kappa shape index (κ3) is 5.17. The molecule has 0 saturated heterocycles. The number of benzene rings is 3. The average Bonchev–Trinajstić information content (AvgIpc) is 3.16. The van der Waals surface area contributed by atoms with Gasteiger partial charge < -0.3 is 15.2 Å². The molecule has 0 spiro atoms. The van der Waals surface area contributed by atoms with Crippen LogP contribution in [0.2, 0.25) is 0 Å². The van der Waals surface area contributed by atoms with Crippen molar-refractivity contribution in [1.82, 2.24) is 20.2 Å². The Kier molecular flexibility index (Phi) is 6.77. The normalized spacial score (nSPS) is 11.2. The van der Waals surface area contributed by atoms with Crippen molar-refractivity contribution in [2.24, 2.45) is 0 Å². The summed E-state index contributed by atoms with van der Waals surface area (Å²) in [7, 11) is 0. The number of fused-ring (bicyclic) bond motifs is 1. The third-order valence-corrected chi connectivity index (χ3v) is 5.44. The predicted molar refractivity (Wildman–Crippen MR) is 136 cm³/mol. The minimum absolute atomic E-state index is 0.0563. The summed E-state index contributed by atoms with van der Waals surface area (Å²) in [5.74, 6) is 0.577. The van der Waals surface area contributed by atoms with Gasteiger partial charge in [-0.3, -0.25) is 9.59 Å². The lowest BCUT2D eigenvalue weighted by Gasteiger charge is -2.11. The van der Waals surface area contributed by atoms with Crippen LogP contribution in [0.3, 0.4) is 0 Å². The van der Waals surface area contributed by atoms with Crippen LogP contribution in [0, 0.1) is 0 Å². The fraction of sp³-hybridized carbons (Fsp3) is 0.250. The number of hydrogen-bond acceptors (Lipinski definition) is 3. The predicted octanol–water partition coefficient (Wildman–Crippen LogP) is 5.03. The lowest BCUT2D eigenvalue weighted by atomic mass is 10.1. The molecule has 0 aliphatic carbocycles. The average molecular weight is 455 g/mol. The Bertz CT molecular complexity index is 1310. The van der Waals surface area contributed by atoms with Crippen LogP contribution in [0.25, 0.3) is 22.4 Å². The van der Waals surface area contributed by atoms with Crippen LogP contribution in [0.5, 0.6) is 0 Å². The molecule has 0 bridgehead atoms. The van der Waals surface area contributed by atoms with Gasteiger partial charge in [-0.2, -0.15) is 0 Å². The van der Waals surface area contributed by atoms with E-state index in [-0.39, 0.29) is 23.9 Å². The number of carbonyl (C=O) groups excluding carboxylic acids is 2. The van der Waals surface area contributed by atoms with Crippen molar-refractivity contribution in [3.05, 3.63) is 89.5 Å². The van der Waals surface area contributed by atoms with Gasteiger partial charge in [0.05, 0.1) is 11.0 Å². The van der Waals surface area contributed by atoms with Crippen molar-refractivity contribution in [1.29, 1.82) is 0 Å². The number of imidazole rings is 1. The van der Waals surface area contributed by atoms with Crippen molar-refractivity contribution < 1.29 is 9.59 Å². The van der Waals surface area contributed by atoms with E-state index in [2.05, 4.69) is 27.3 Å². The van der Waals surface area contributed by atoms with Crippen molar-refractivity contribution in [2.75, 3.05) is 0 Å². The highest BCUT2D eigenvalue weighted by molar-refractivity contribution is 5.98. The summed E-state index contributed by atoms with van der Waals surface area (Å²) in [6.07, 6.45) is 0. The maximum Gasteiger partial charge on any atom is 0.251 e. The van der Waals surface area contributed by atoms with Crippen molar-refractivity contribution in [3.8, 4) is 11.4 Å². The van der Waals surface area contributed by atoms with E-state index in [0.29, 0.717) is 17.7 Å². The molecule has 2 amide bonds. The number of hydrogen-bond donors (Lipinski definition) is 2. The number of aromatic nitrogens is 2. The lowest BCUT2D eigenvalue weighted by Crippen LogP contribution is -2.29. The maximum absolute atomic E-state index is 12.5. The Morgan fingerprint density at radius 1 is 0.794 bits per heavy atom. The molecule has 174 valence electrons. The SMILES string of the molecule is CC(C)NC(=O)c1ccc(-c2nc3cc(C(=O)NC(C)C)ccc3n2Cc2ccccc2)cc1. The molecule has 2 N–H and O–H groups in total. The van der Waals surface area contributed by atoms with Gasteiger partial charge in [0.1, 0.15) is 5.82 Å². The largest absolute Gasteiger partial charge is 0.350 e. The Morgan fingerprint density at radius 3 is 2.00 bits per heavy atom. The first-order valence-corrected chi connectivity index (χ1v) is 11.6. The van der Waals surface area contributed by atoms with Crippen molar-refractivity contribution >= 4 is 22.8 Å². The van der Waals surface area contributed by atoms with E-state index >= 15 is 0 Å². The fourth-order valence-electron chi connectivity index (χ4n) is 3.88. The second-order valence-corrected chi connectivity index (χ2v) is 9.04.